The number of ether oxygens (including phenoxy) is 1. The van der Waals surface area contributed by atoms with Crippen molar-refractivity contribution in [2.75, 3.05) is 11.9 Å². The van der Waals surface area contributed by atoms with Crippen LogP contribution in [-0.2, 0) is 17.8 Å². The summed E-state index contributed by atoms with van der Waals surface area (Å²) in [7, 11) is 0. The molecule has 0 bridgehead atoms. The van der Waals surface area contributed by atoms with Crippen LogP contribution in [-0.4, -0.2) is 38.4 Å². The molecular formula is C20H20F3N5O2. The molecule has 0 atom stereocenters. The molecule has 0 radical (unpaired) electrons. The molecule has 3 heterocycles. The molecule has 0 aromatic carbocycles. The molecule has 7 nitrogen and oxygen atoms in total. The molecule has 10 heteroatoms. The van der Waals surface area contributed by atoms with Gasteiger partial charge in [-0.25, -0.2) is 9.97 Å². The van der Waals surface area contributed by atoms with Crippen molar-refractivity contribution in [1.29, 1.82) is 0 Å². The van der Waals surface area contributed by atoms with Crippen LogP contribution >= 0.6 is 0 Å². The molecule has 0 unspecified atom stereocenters. The van der Waals surface area contributed by atoms with Gasteiger partial charge in [-0.05, 0) is 36.8 Å². The maximum absolute atomic E-state index is 12.2. The number of amides is 1. The van der Waals surface area contributed by atoms with Crippen LogP contribution in [0.25, 0.3) is 10.9 Å². The van der Waals surface area contributed by atoms with Gasteiger partial charge in [-0.2, -0.15) is 18.3 Å². The number of halogens is 3. The highest BCUT2D eigenvalue weighted by atomic mass is 19.4. The lowest BCUT2D eigenvalue weighted by Gasteiger charge is -2.08. The molecule has 158 valence electrons. The standard InChI is InChI=1S/C20H20F3N5O2/c21-20(22,23)12-30-18-4-3-14(10-25-18)6-8-28-11-15-16(27-28)5-7-24-19(15)26-17(29)9-13-1-2-13/h3-5,7,10-11,13H,1-2,6,8-9,12H2,(H,24,26,29). The van der Waals surface area contributed by atoms with Gasteiger partial charge in [0.05, 0.1) is 10.9 Å². The fourth-order valence-corrected chi connectivity index (χ4v) is 3.02. The molecule has 1 fully saturated rings. The first kappa shape index (κ1) is 20.1. The summed E-state index contributed by atoms with van der Waals surface area (Å²) in [5, 5.41) is 8.12. The minimum atomic E-state index is -4.40. The molecule has 1 aliphatic carbocycles. The Balaban J connectivity index is 1.37. The van der Waals surface area contributed by atoms with Crippen molar-refractivity contribution >= 4 is 22.6 Å². The number of hydrogen-bond donors (Lipinski definition) is 1. The molecule has 1 aliphatic rings. The lowest BCUT2D eigenvalue weighted by molar-refractivity contribution is -0.154. The van der Waals surface area contributed by atoms with Crippen LogP contribution in [0.15, 0.2) is 36.8 Å². The summed E-state index contributed by atoms with van der Waals surface area (Å²) in [5.41, 5.74) is 1.56. The van der Waals surface area contributed by atoms with Gasteiger partial charge in [0.2, 0.25) is 11.8 Å². The molecule has 0 saturated heterocycles. The number of aryl methyl sites for hydroxylation is 2. The Morgan fingerprint density at radius 3 is 2.77 bits per heavy atom. The van der Waals surface area contributed by atoms with Crippen LogP contribution in [0.4, 0.5) is 19.0 Å². The topological polar surface area (TPSA) is 81.9 Å². The van der Waals surface area contributed by atoms with E-state index in [1.54, 1.807) is 23.0 Å². The largest absolute Gasteiger partial charge is 0.468 e. The lowest BCUT2D eigenvalue weighted by atomic mass is 10.2. The number of nitrogens with zero attached hydrogens (tertiary/aromatic N) is 4. The summed E-state index contributed by atoms with van der Waals surface area (Å²) in [4.78, 5) is 20.3. The first-order chi connectivity index (χ1) is 14.4. The number of fused-ring (bicyclic) bond motifs is 1. The van der Waals surface area contributed by atoms with Gasteiger partial charge in [-0.3, -0.25) is 9.48 Å². The maximum atomic E-state index is 12.2. The molecule has 3 aromatic rings. The van der Waals surface area contributed by atoms with Gasteiger partial charge in [0.25, 0.3) is 0 Å². The normalized spacial score (nSPS) is 14.1. The van der Waals surface area contributed by atoms with Crippen LogP contribution < -0.4 is 10.1 Å². The number of nitrogens with one attached hydrogen (secondary N) is 1. The lowest BCUT2D eigenvalue weighted by Crippen LogP contribution is -2.19. The van der Waals surface area contributed by atoms with Crippen molar-refractivity contribution in [3.8, 4) is 5.88 Å². The van der Waals surface area contributed by atoms with Crippen molar-refractivity contribution < 1.29 is 22.7 Å². The summed E-state index contributed by atoms with van der Waals surface area (Å²) in [6.45, 7) is -0.832. The number of rotatable bonds is 8. The summed E-state index contributed by atoms with van der Waals surface area (Å²) in [6, 6.07) is 4.86. The second-order valence-corrected chi connectivity index (χ2v) is 7.34. The number of carbonyl (C=O) groups excluding carboxylic acids is 1. The average Bonchev–Trinajstić information content (AvgIpc) is 3.40. The first-order valence-corrected chi connectivity index (χ1v) is 9.62. The Kier molecular flexibility index (Phi) is 5.56. The summed E-state index contributed by atoms with van der Waals surface area (Å²) >= 11 is 0. The van der Waals surface area contributed by atoms with E-state index in [2.05, 4.69) is 25.1 Å². The van der Waals surface area contributed by atoms with Crippen LogP contribution in [0.1, 0.15) is 24.8 Å². The zero-order valence-corrected chi connectivity index (χ0v) is 16.0. The van der Waals surface area contributed by atoms with Crippen LogP contribution in [0.5, 0.6) is 5.88 Å². The Labute approximate surface area is 170 Å². The summed E-state index contributed by atoms with van der Waals surface area (Å²) < 4.78 is 42.9. The maximum Gasteiger partial charge on any atom is 0.422 e. The predicted octanol–water partition coefficient (Wildman–Crippen LogP) is 3.75. The van der Waals surface area contributed by atoms with Gasteiger partial charge in [-0.1, -0.05) is 6.07 Å². The van der Waals surface area contributed by atoms with E-state index >= 15 is 0 Å². The third kappa shape index (κ3) is 5.46. The third-order valence-corrected chi connectivity index (χ3v) is 4.72. The van der Waals surface area contributed by atoms with Gasteiger partial charge < -0.3 is 10.1 Å². The van der Waals surface area contributed by atoms with E-state index in [-0.39, 0.29) is 11.8 Å². The molecule has 30 heavy (non-hydrogen) atoms. The highest BCUT2D eigenvalue weighted by molar-refractivity contribution is 5.99. The van der Waals surface area contributed by atoms with E-state index in [0.29, 0.717) is 31.1 Å². The Morgan fingerprint density at radius 2 is 2.07 bits per heavy atom. The van der Waals surface area contributed by atoms with Gasteiger partial charge in [0.1, 0.15) is 5.82 Å². The second-order valence-electron chi connectivity index (χ2n) is 7.34. The fraction of sp³-hybridized carbons (Fsp3) is 0.400. The van der Waals surface area contributed by atoms with Crippen LogP contribution in [0, 0.1) is 5.92 Å². The number of carbonyl (C=O) groups is 1. The van der Waals surface area contributed by atoms with E-state index in [1.807, 2.05) is 6.20 Å². The predicted molar refractivity (Wildman–Crippen MR) is 103 cm³/mol. The molecule has 0 aliphatic heterocycles. The van der Waals surface area contributed by atoms with Gasteiger partial charge in [0, 0.05) is 37.6 Å². The smallest absolute Gasteiger partial charge is 0.422 e. The molecule has 3 aromatic heterocycles. The highest BCUT2D eigenvalue weighted by Crippen LogP contribution is 2.32. The minimum absolute atomic E-state index is 0.0378. The minimum Gasteiger partial charge on any atom is -0.468 e. The number of pyridine rings is 2. The van der Waals surface area contributed by atoms with Crippen molar-refractivity contribution in [3.63, 3.8) is 0 Å². The molecule has 1 amide bonds. The zero-order chi connectivity index (χ0) is 21.1. The van der Waals surface area contributed by atoms with E-state index in [1.165, 1.54) is 12.3 Å². The van der Waals surface area contributed by atoms with Crippen LogP contribution in [0.2, 0.25) is 0 Å². The first-order valence-electron chi connectivity index (χ1n) is 9.62. The fourth-order valence-electron chi connectivity index (χ4n) is 3.02. The summed E-state index contributed by atoms with van der Waals surface area (Å²) in [5.74, 6) is 0.880. The van der Waals surface area contributed by atoms with Crippen molar-refractivity contribution in [2.45, 2.75) is 38.4 Å². The number of hydrogen-bond acceptors (Lipinski definition) is 5. The average molecular weight is 419 g/mol. The van der Waals surface area contributed by atoms with Gasteiger partial charge in [0.15, 0.2) is 6.61 Å². The van der Waals surface area contributed by atoms with E-state index in [4.69, 9.17) is 0 Å². The molecule has 4 rings (SSSR count). The quantitative estimate of drug-likeness (QED) is 0.601. The monoisotopic (exact) mass is 419 g/mol. The molecular weight excluding hydrogens is 399 g/mol. The highest BCUT2D eigenvalue weighted by Gasteiger charge is 2.28. The van der Waals surface area contributed by atoms with E-state index in [0.717, 1.165) is 29.3 Å². The summed E-state index contributed by atoms with van der Waals surface area (Å²) in [6.07, 6.45) is 3.83. The Bertz CT molecular complexity index is 1030. The second kappa shape index (κ2) is 8.29. The Hall–Kier alpha value is -3.17. The number of alkyl halides is 3. The SMILES string of the molecule is O=C(CC1CC1)Nc1nccc2nn(CCc3ccc(OCC(F)(F)F)nc3)cc12. The van der Waals surface area contributed by atoms with Crippen molar-refractivity contribution in [3.05, 3.63) is 42.4 Å². The number of aromatic nitrogens is 4. The van der Waals surface area contributed by atoms with Crippen molar-refractivity contribution in [2.24, 2.45) is 5.92 Å². The van der Waals surface area contributed by atoms with E-state index < -0.39 is 12.8 Å². The molecule has 1 saturated carbocycles. The Morgan fingerprint density at radius 1 is 1.23 bits per heavy atom. The molecule has 0 spiro atoms. The van der Waals surface area contributed by atoms with Crippen LogP contribution in [0.3, 0.4) is 0 Å². The van der Waals surface area contributed by atoms with Gasteiger partial charge in [-0.15, -0.1) is 0 Å². The number of anilines is 1. The third-order valence-electron chi connectivity index (χ3n) is 4.72. The van der Waals surface area contributed by atoms with Crippen molar-refractivity contribution in [1.82, 2.24) is 19.7 Å². The van der Waals surface area contributed by atoms with E-state index in [9.17, 15) is 18.0 Å². The zero-order valence-electron chi connectivity index (χ0n) is 16.0. The van der Waals surface area contributed by atoms with Gasteiger partial charge >= 0.3 is 6.18 Å². The molecule has 1 N–H and O–H groups in total.